The van der Waals surface area contributed by atoms with Crippen LogP contribution in [0.5, 0.6) is 5.75 Å². The SMILES string of the molecule is C=CCC[C@H](N)c1cc(C(=O)O)cc(C)c1O. The summed E-state index contributed by atoms with van der Waals surface area (Å²) in [5, 5.41) is 18.8. The number of aryl methyl sites for hydroxylation is 1. The van der Waals surface area contributed by atoms with E-state index in [9.17, 15) is 9.90 Å². The first-order chi connectivity index (χ1) is 7.97. The summed E-state index contributed by atoms with van der Waals surface area (Å²) in [6.45, 7) is 5.26. The highest BCUT2D eigenvalue weighted by Gasteiger charge is 2.16. The number of hydrogen-bond acceptors (Lipinski definition) is 3. The van der Waals surface area contributed by atoms with Gasteiger partial charge in [-0.15, -0.1) is 6.58 Å². The smallest absolute Gasteiger partial charge is 0.335 e. The second-order valence-corrected chi connectivity index (χ2v) is 4.01. The predicted octanol–water partition coefficient (Wildman–Crippen LogP) is 2.36. The van der Waals surface area contributed by atoms with Gasteiger partial charge >= 0.3 is 5.97 Å². The van der Waals surface area contributed by atoms with E-state index in [1.807, 2.05) is 0 Å². The number of phenols is 1. The zero-order valence-corrected chi connectivity index (χ0v) is 9.81. The van der Waals surface area contributed by atoms with Gasteiger partial charge in [0.1, 0.15) is 5.75 Å². The number of allylic oxidation sites excluding steroid dienone is 1. The van der Waals surface area contributed by atoms with Crippen molar-refractivity contribution in [3.63, 3.8) is 0 Å². The average Bonchev–Trinajstić information content (AvgIpc) is 2.29. The molecule has 1 aromatic rings. The average molecular weight is 235 g/mol. The van der Waals surface area contributed by atoms with Gasteiger partial charge in [0.05, 0.1) is 5.56 Å². The van der Waals surface area contributed by atoms with E-state index >= 15 is 0 Å². The fourth-order valence-corrected chi connectivity index (χ4v) is 1.67. The molecule has 1 aromatic carbocycles. The Kier molecular flexibility index (Phi) is 4.29. The zero-order valence-electron chi connectivity index (χ0n) is 9.81. The maximum absolute atomic E-state index is 10.9. The summed E-state index contributed by atoms with van der Waals surface area (Å²) >= 11 is 0. The monoisotopic (exact) mass is 235 g/mol. The van der Waals surface area contributed by atoms with Gasteiger partial charge in [-0.3, -0.25) is 0 Å². The highest BCUT2D eigenvalue weighted by molar-refractivity contribution is 5.88. The molecule has 0 radical (unpaired) electrons. The molecule has 0 saturated carbocycles. The van der Waals surface area contributed by atoms with Crippen LogP contribution in [0.2, 0.25) is 0 Å². The van der Waals surface area contributed by atoms with Crippen molar-refractivity contribution in [2.75, 3.05) is 0 Å². The second kappa shape index (κ2) is 5.50. The first-order valence-corrected chi connectivity index (χ1v) is 5.40. The van der Waals surface area contributed by atoms with Crippen molar-refractivity contribution in [2.24, 2.45) is 5.73 Å². The van der Waals surface area contributed by atoms with Crippen LogP contribution in [0, 0.1) is 6.92 Å². The van der Waals surface area contributed by atoms with Gasteiger partial charge in [0.25, 0.3) is 0 Å². The fourth-order valence-electron chi connectivity index (χ4n) is 1.67. The maximum Gasteiger partial charge on any atom is 0.335 e. The Labute approximate surface area is 100 Å². The molecule has 0 aliphatic carbocycles. The molecular weight excluding hydrogens is 218 g/mol. The Morgan fingerprint density at radius 2 is 2.24 bits per heavy atom. The normalized spacial score (nSPS) is 12.1. The number of benzene rings is 1. The Hall–Kier alpha value is -1.81. The third kappa shape index (κ3) is 3.07. The van der Waals surface area contributed by atoms with Gasteiger partial charge in [-0.1, -0.05) is 6.08 Å². The molecule has 0 amide bonds. The van der Waals surface area contributed by atoms with Crippen molar-refractivity contribution in [1.82, 2.24) is 0 Å². The van der Waals surface area contributed by atoms with Crippen LogP contribution in [0.3, 0.4) is 0 Å². The van der Waals surface area contributed by atoms with Crippen LogP contribution >= 0.6 is 0 Å². The highest BCUT2D eigenvalue weighted by Crippen LogP contribution is 2.30. The number of rotatable bonds is 5. The molecule has 0 saturated heterocycles. The lowest BCUT2D eigenvalue weighted by molar-refractivity contribution is 0.0696. The van der Waals surface area contributed by atoms with E-state index in [1.54, 1.807) is 13.0 Å². The minimum atomic E-state index is -1.02. The van der Waals surface area contributed by atoms with Crippen molar-refractivity contribution in [3.8, 4) is 5.75 Å². The summed E-state index contributed by atoms with van der Waals surface area (Å²) in [6, 6.07) is 2.48. The molecule has 4 nitrogen and oxygen atoms in total. The number of phenolic OH excluding ortho intramolecular Hbond substituents is 1. The minimum absolute atomic E-state index is 0.0755. The van der Waals surface area contributed by atoms with Crippen molar-refractivity contribution >= 4 is 5.97 Å². The molecule has 0 bridgehead atoms. The van der Waals surface area contributed by atoms with E-state index in [0.717, 1.165) is 6.42 Å². The lowest BCUT2D eigenvalue weighted by Gasteiger charge is -2.15. The number of nitrogens with two attached hydrogens (primary N) is 1. The Morgan fingerprint density at radius 1 is 1.59 bits per heavy atom. The van der Waals surface area contributed by atoms with Gasteiger partial charge in [-0.05, 0) is 37.5 Å². The van der Waals surface area contributed by atoms with Crippen molar-refractivity contribution < 1.29 is 15.0 Å². The van der Waals surface area contributed by atoms with Crippen molar-refractivity contribution in [1.29, 1.82) is 0 Å². The Bertz CT molecular complexity index is 441. The van der Waals surface area contributed by atoms with Gasteiger partial charge in [-0.25, -0.2) is 4.79 Å². The number of aromatic carboxylic acids is 1. The van der Waals surface area contributed by atoms with Crippen LogP contribution in [0.15, 0.2) is 24.8 Å². The number of carboxylic acids is 1. The summed E-state index contributed by atoms with van der Waals surface area (Å²) in [4.78, 5) is 10.9. The van der Waals surface area contributed by atoms with Gasteiger partial charge in [0.2, 0.25) is 0 Å². The largest absolute Gasteiger partial charge is 0.507 e. The van der Waals surface area contributed by atoms with Crippen LogP contribution in [0.25, 0.3) is 0 Å². The van der Waals surface area contributed by atoms with E-state index in [1.165, 1.54) is 12.1 Å². The molecule has 0 heterocycles. The van der Waals surface area contributed by atoms with Gasteiger partial charge in [-0.2, -0.15) is 0 Å². The quantitative estimate of drug-likeness (QED) is 0.684. The number of carbonyl (C=O) groups is 1. The van der Waals surface area contributed by atoms with Gasteiger partial charge in [0.15, 0.2) is 0 Å². The molecule has 0 aliphatic rings. The first kappa shape index (κ1) is 13.3. The summed E-state index contributed by atoms with van der Waals surface area (Å²) in [5.74, 6) is -0.947. The number of hydrogen-bond donors (Lipinski definition) is 3. The second-order valence-electron chi connectivity index (χ2n) is 4.01. The highest BCUT2D eigenvalue weighted by atomic mass is 16.4. The predicted molar refractivity (Wildman–Crippen MR) is 66.2 cm³/mol. The molecule has 4 N–H and O–H groups in total. The van der Waals surface area contributed by atoms with E-state index in [0.29, 0.717) is 17.5 Å². The molecular formula is C13H17NO3. The van der Waals surface area contributed by atoms with Crippen LogP contribution in [0.4, 0.5) is 0 Å². The zero-order chi connectivity index (χ0) is 13.0. The fraction of sp³-hybridized carbons (Fsp3) is 0.308. The number of carboxylic acid groups (broad SMARTS) is 1. The summed E-state index contributed by atoms with van der Waals surface area (Å²) in [5.41, 5.74) is 7.06. The van der Waals surface area contributed by atoms with Crippen molar-refractivity contribution in [3.05, 3.63) is 41.5 Å². The van der Waals surface area contributed by atoms with Crippen LogP contribution in [-0.4, -0.2) is 16.2 Å². The molecule has 1 rings (SSSR count). The summed E-state index contributed by atoms with van der Waals surface area (Å²) in [6.07, 6.45) is 3.08. The van der Waals surface area contributed by atoms with Gasteiger partial charge in [0, 0.05) is 11.6 Å². The molecule has 0 unspecified atom stereocenters. The lowest BCUT2D eigenvalue weighted by atomic mass is 9.97. The molecule has 1 atom stereocenters. The molecule has 0 aliphatic heterocycles. The first-order valence-electron chi connectivity index (χ1n) is 5.40. The molecule has 0 aromatic heterocycles. The van der Waals surface area contributed by atoms with E-state index in [2.05, 4.69) is 6.58 Å². The maximum atomic E-state index is 10.9. The van der Waals surface area contributed by atoms with Crippen LogP contribution < -0.4 is 5.73 Å². The third-order valence-electron chi connectivity index (χ3n) is 2.66. The Balaban J connectivity index is 3.12. The topological polar surface area (TPSA) is 83.6 Å². The summed E-state index contributed by atoms with van der Waals surface area (Å²) in [7, 11) is 0. The lowest BCUT2D eigenvalue weighted by Crippen LogP contribution is -2.12. The molecule has 92 valence electrons. The molecule has 0 spiro atoms. The van der Waals surface area contributed by atoms with E-state index < -0.39 is 5.97 Å². The van der Waals surface area contributed by atoms with Crippen LogP contribution in [-0.2, 0) is 0 Å². The Morgan fingerprint density at radius 3 is 2.76 bits per heavy atom. The van der Waals surface area contributed by atoms with Crippen LogP contribution in [0.1, 0.15) is 40.4 Å². The number of aromatic hydroxyl groups is 1. The van der Waals surface area contributed by atoms with E-state index in [4.69, 9.17) is 10.8 Å². The van der Waals surface area contributed by atoms with Gasteiger partial charge < -0.3 is 15.9 Å². The standard InChI is InChI=1S/C13H17NO3/c1-3-4-5-11(14)10-7-9(13(16)17)6-8(2)12(10)15/h3,6-7,11,15H,1,4-5,14H2,2H3,(H,16,17)/t11-/m0/s1. The molecule has 4 heteroatoms. The molecule has 0 fully saturated rings. The minimum Gasteiger partial charge on any atom is -0.507 e. The third-order valence-corrected chi connectivity index (χ3v) is 2.66. The van der Waals surface area contributed by atoms with Crippen molar-refractivity contribution in [2.45, 2.75) is 25.8 Å². The van der Waals surface area contributed by atoms with E-state index in [-0.39, 0.29) is 17.4 Å². The molecule has 17 heavy (non-hydrogen) atoms. The summed E-state index contributed by atoms with van der Waals surface area (Å²) < 4.78 is 0.